The molecule has 0 spiro atoms. The first-order valence-electron chi connectivity index (χ1n) is 9.04. The van der Waals surface area contributed by atoms with Crippen LogP contribution in [0.3, 0.4) is 0 Å². The topological polar surface area (TPSA) is 67.6 Å². The summed E-state index contributed by atoms with van der Waals surface area (Å²) in [6, 6.07) is 0. The van der Waals surface area contributed by atoms with Gasteiger partial charge in [0, 0.05) is 49.1 Å². The largest absolute Gasteiger partial charge is 0.382 e. The summed E-state index contributed by atoms with van der Waals surface area (Å²) < 4.78 is 10.5. The van der Waals surface area contributed by atoms with Gasteiger partial charge in [-0.05, 0) is 39.2 Å². The smallest absolute Gasteiger partial charge is 0.252 e. The van der Waals surface area contributed by atoms with E-state index in [4.69, 9.17) is 9.26 Å². The number of methoxy groups -OCH3 is 1. The minimum absolute atomic E-state index is 0.0324. The summed E-state index contributed by atoms with van der Waals surface area (Å²) in [6.45, 7) is 9.24. The van der Waals surface area contributed by atoms with E-state index in [0.717, 1.165) is 49.5 Å². The Hall–Kier alpha value is -1.70. The Labute approximate surface area is 158 Å². The molecule has 0 saturated carbocycles. The number of hydrogen-bond donors (Lipinski definition) is 1. The van der Waals surface area contributed by atoms with E-state index in [0.29, 0.717) is 6.54 Å². The van der Waals surface area contributed by atoms with Crippen molar-refractivity contribution in [3.8, 4) is 0 Å². The number of aryl methyl sites for hydroxylation is 2. The quantitative estimate of drug-likeness (QED) is 0.803. The predicted octanol–water partition coefficient (Wildman–Crippen LogP) is 3.07. The van der Waals surface area contributed by atoms with Crippen LogP contribution in [0.15, 0.2) is 9.90 Å². The third-order valence-electron chi connectivity index (χ3n) is 5.07. The second-order valence-electron chi connectivity index (χ2n) is 6.91. The molecule has 0 saturated heterocycles. The molecule has 0 radical (unpaired) electrons. The first-order valence-corrected chi connectivity index (χ1v) is 9.92. The van der Waals surface area contributed by atoms with Crippen LogP contribution in [0.2, 0.25) is 0 Å². The van der Waals surface area contributed by atoms with Gasteiger partial charge in [-0.1, -0.05) is 5.16 Å². The zero-order valence-corrected chi connectivity index (χ0v) is 16.7. The summed E-state index contributed by atoms with van der Waals surface area (Å²) in [4.78, 5) is 16.2. The molecule has 3 heterocycles. The maximum Gasteiger partial charge on any atom is 0.252 e. The minimum atomic E-state index is 0.0324. The van der Waals surface area contributed by atoms with Gasteiger partial charge in [-0.15, -0.1) is 11.3 Å². The van der Waals surface area contributed by atoms with Gasteiger partial charge in [0.2, 0.25) is 0 Å². The molecule has 7 heteroatoms. The lowest BCUT2D eigenvalue weighted by Crippen LogP contribution is -2.32. The lowest BCUT2D eigenvalue weighted by atomic mass is 10.0. The lowest BCUT2D eigenvalue weighted by Gasteiger charge is -2.27. The van der Waals surface area contributed by atoms with Gasteiger partial charge < -0.3 is 14.6 Å². The molecule has 6 nitrogen and oxygen atoms in total. The Balaban J connectivity index is 1.60. The molecule has 0 unspecified atom stereocenters. The van der Waals surface area contributed by atoms with Crippen LogP contribution in [-0.4, -0.2) is 42.3 Å². The number of amides is 1. The molecule has 142 valence electrons. The standard InChI is InChI=1S/C19H27N3O3S/c1-12(24-4)5-7-20-19(23)17-11-26-18-10-22(8-6-15(17)18)9-16-13(2)21-25-14(16)3/h11-12H,5-10H2,1-4H3,(H,20,23)/t12-/m0/s1. The van der Waals surface area contributed by atoms with E-state index in [1.165, 1.54) is 16.0 Å². The number of aromatic nitrogens is 1. The second-order valence-corrected chi connectivity index (χ2v) is 7.87. The van der Waals surface area contributed by atoms with Crippen molar-refractivity contribution in [1.29, 1.82) is 0 Å². The normalized spacial score (nSPS) is 15.7. The van der Waals surface area contributed by atoms with Crippen molar-refractivity contribution in [2.75, 3.05) is 20.2 Å². The van der Waals surface area contributed by atoms with E-state index in [1.54, 1.807) is 18.4 Å². The number of hydrogen-bond acceptors (Lipinski definition) is 6. The van der Waals surface area contributed by atoms with Gasteiger partial charge in [0.1, 0.15) is 5.76 Å². The van der Waals surface area contributed by atoms with E-state index in [9.17, 15) is 4.79 Å². The molecule has 26 heavy (non-hydrogen) atoms. The summed E-state index contributed by atoms with van der Waals surface area (Å²) in [5, 5.41) is 9.05. The van der Waals surface area contributed by atoms with Crippen molar-refractivity contribution in [2.24, 2.45) is 0 Å². The van der Waals surface area contributed by atoms with E-state index in [-0.39, 0.29) is 12.0 Å². The fourth-order valence-electron chi connectivity index (χ4n) is 3.26. The molecule has 1 amide bonds. The summed E-state index contributed by atoms with van der Waals surface area (Å²) in [7, 11) is 1.69. The van der Waals surface area contributed by atoms with Crippen LogP contribution >= 0.6 is 11.3 Å². The number of ether oxygens (including phenoxy) is 1. The highest BCUT2D eigenvalue weighted by molar-refractivity contribution is 7.10. The van der Waals surface area contributed by atoms with E-state index in [1.807, 2.05) is 26.2 Å². The van der Waals surface area contributed by atoms with Crippen LogP contribution in [0.1, 0.15) is 51.2 Å². The van der Waals surface area contributed by atoms with E-state index >= 15 is 0 Å². The predicted molar refractivity (Wildman–Crippen MR) is 102 cm³/mol. The summed E-state index contributed by atoms with van der Waals surface area (Å²) in [6.07, 6.45) is 1.88. The van der Waals surface area contributed by atoms with Crippen LogP contribution in [0, 0.1) is 13.8 Å². The molecule has 0 aromatic carbocycles. The Morgan fingerprint density at radius 1 is 1.50 bits per heavy atom. The van der Waals surface area contributed by atoms with Gasteiger partial charge in [-0.3, -0.25) is 9.69 Å². The van der Waals surface area contributed by atoms with Gasteiger partial charge in [0.05, 0.1) is 17.4 Å². The van der Waals surface area contributed by atoms with Gasteiger partial charge in [-0.25, -0.2) is 0 Å². The Morgan fingerprint density at radius 3 is 3.00 bits per heavy atom. The molecule has 1 aliphatic heterocycles. The number of carbonyl (C=O) groups excluding carboxylic acids is 1. The van der Waals surface area contributed by atoms with Crippen LogP contribution < -0.4 is 5.32 Å². The molecule has 0 aliphatic carbocycles. The fourth-order valence-corrected chi connectivity index (χ4v) is 4.38. The number of nitrogens with one attached hydrogen (secondary N) is 1. The molecule has 2 aromatic rings. The SMILES string of the molecule is CO[C@@H](C)CCNC(=O)c1csc2c1CCN(Cc1c(C)noc1C)C2. The average molecular weight is 378 g/mol. The molecule has 3 rings (SSSR count). The summed E-state index contributed by atoms with van der Waals surface area (Å²) in [5.74, 6) is 0.926. The van der Waals surface area contributed by atoms with Gasteiger partial charge >= 0.3 is 0 Å². The molecule has 0 fully saturated rings. The fraction of sp³-hybridized carbons (Fsp3) is 0.579. The minimum Gasteiger partial charge on any atom is -0.382 e. The maximum absolute atomic E-state index is 12.5. The van der Waals surface area contributed by atoms with E-state index in [2.05, 4.69) is 15.4 Å². The van der Waals surface area contributed by atoms with Crippen molar-refractivity contribution in [2.45, 2.75) is 52.8 Å². The number of carbonyl (C=O) groups is 1. The van der Waals surface area contributed by atoms with Crippen LogP contribution in [0.5, 0.6) is 0 Å². The zero-order valence-electron chi connectivity index (χ0n) is 15.9. The Kier molecular flexibility index (Phi) is 6.11. The molecule has 1 atom stereocenters. The van der Waals surface area contributed by atoms with Crippen LogP contribution in [-0.2, 0) is 24.2 Å². The van der Waals surface area contributed by atoms with Gasteiger partial charge in [-0.2, -0.15) is 0 Å². The molecule has 1 aliphatic rings. The number of nitrogens with zero attached hydrogens (tertiary/aromatic N) is 2. The zero-order chi connectivity index (χ0) is 18.7. The second kappa shape index (κ2) is 8.33. The molecular weight excluding hydrogens is 350 g/mol. The van der Waals surface area contributed by atoms with Crippen molar-refractivity contribution in [3.63, 3.8) is 0 Å². The number of thiophene rings is 1. The van der Waals surface area contributed by atoms with Crippen molar-refractivity contribution >= 4 is 17.2 Å². The van der Waals surface area contributed by atoms with E-state index < -0.39 is 0 Å². The van der Waals surface area contributed by atoms with Crippen molar-refractivity contribution in [1.82, 2.24) is 15.4 Å². The first kappa shape index (κ1) is 19.1. The first-order chi connectivity index (χ1) is 12.5. The molecule has 0 bridgehead atoms. The monoisotopic (exact) mass is 377 g/mol. The molecular formula is C19H27N3O3S. The van der Waals surface area contributed by atoms with Crippen LogP contribution in [0.25, 0.3) is 0 Å². The summed E-state index contributed by atoms with van der Waals surface area (Å²) in [5.41, 5.74) is 4.19. The third kappa shape index (κ3) is 4.16. The third-order valence-corrected chi connectivity index (χ3v) is 6.09. The number of fused-ring (bicyclic) bond motifs is 1. The average Bonchev–Trinajstić information content (AvgIpc) is 3.19. The summed E-state index contributed by atoms with van der Waals surface area (Å²) >= 11 is 1.68. The lowest BCUT2D eigenvalue weighted by molar-refractivity contribution is 0.0917. The highest BCUT2D eigenvalue weighted by Crippen LogP contribution is 2.30. The van der Waals surface area contributed by atoms with Crippen molar-refractivity contribution < 1.29 is 14.1 Å². The van der Waals surface area contributed by atoms with Crippen molar-refractivity contribution in [3.05, 3.63) is 38.4 Å². The van der Waals surface area contributed by atoms with Gasteiger partial charge in [0.15, 0.2) is 0 Å². The maximum atomic E-state index is 12.5. The van der Waals surface area contributed by atoms with Gasteiger partial charge in [0.25, 0.3) is 5.91 Å². The number of rotatable bonds is 7. The molecule has 1 N–H and O–H groups in total. The Morgan fingerprint density at radius 2 is 2.31 bits per heavy atom. The Bertz CT molecular complexity index is 749. The van der Waals surface area contributed by atoms with Crippen LogP contribution in [0.4, 0.5) is 0 Å². The highest BCUT2D eigenvalue weighted by Gasteiger charge is 2.25. The molecule has 2 aromatic heterocycles. The highest BCUT2D eigenvalue weighted by atomic mass is 32.1.